The van der Waals surface area contributed by atoms with Gasteiger partial charge in [-0.2, -0.15) is 0 Å². The summed E-state index contributed by atoms with van der Waals surface area (Å²) in [7, 11) is 0. The largest absolute Gasteiger partial charge is 0.488 e. The number of ether oxygens (including phenoxy) is 3. The van der Waals surface area contributed by atoms with Gasteiger partial charge in [-0.1, -0.05) is 11.6 Å². The third kappa shape index (κ3) is 3.71. The van der Waals surface area contributed by atoms with Gasteiger partial charge in [0, 0.05) is 23.7 Å². The van der Waals surface area contributed by atoms with Crippen LogP contribution in [0.25, 0.3) is 6.08 Å². The number of carbonyl (C=O) groups excluding carboxylic acids is 2. The number of carbonyl (C=O) groups is 2. The van der Waals surface area contributed by atoms with Crippen LogP contribution in [0, 0.1) is 0 Å². The van der Waals surface area contributed by atoms with Crippen molar-refractivity contribution in [2.75, 3.05) is 32.9 Å². The zero-order valence-electron chi connectivity index (χ0n) is 13.3. The molecule has 0 aliphatic carbocycles. The van der Waals surface area contributed by atoms with E-state index in [0.29, 0.717) is 48.2 Å². The van der Waals surface area contributed by atoms with Crippen LogP contribution in [0.2, 0.25) is 5.02 Å². The Hall–Kier alpha value is -2.05. The molecule has 1 unspecified atom stereocenters. The average Bonchev–Trinajstić information content (AvgIpc) is 2.61. The van der Waals surface area contributed by atoms with Gasteiger partial charge in [0.15, 0.2) is 6.10 Å². The minimum Gasteiger partial charge on any atom is -0.488 e. The number of hydrogen-bond donors (Lipinski definition) is 0. The third-order valence-electron chi connectivity index (χ3n) is 3.90. The number of hydrogen-bond acceptors (Lipinski definition) is 5. The van der Waals surface area contributed by atoms with Crippen molar-refractivity contribution in [2.24, 2.45) is 0 Å². The first kappa shape index (κ1) is 16.8. The Labute approximate surface area is 144 Å². The summed E-state index contributed by atoms with van der Waals surface area (Å²) in [5.41, 5.74) is 1.07. The number of halogens is 1. The molecule has 6 nitrogen and oxygen atoms in total. The Morgan fingerprint density at radius 2 is 2.04 bits per heavy atom. The lowest BCUT2D eigenvalue weighted by Crippen LogP contribution is -2.46. The molecule has 0 bridgehead atoms. The Balaban J connectivity index is 1.65. The second kappa shape index (κ2) is 7.23. The van der Waals surface area contributed by atoms with Crippen molar-refractivity contribution < 1.29 is 23.8 Å². The predicted molar refractivity (Wildman–Crippen MR) is 87.9 cm³/mol. The normalized spacial score (nSPS) is 18.1. The lowest BCUT2D eigenvalue weighted by molar-refractivity contribution is -0.158. The van der Waals surface area contributed by atoms with Crippen molar-refractivity contribution in [2.45, 2.75) is 13.0 Å². The minimum atomic E-state index is -0.850. The summed E-state index contributed by atoms with van der Waals surface area (Å²) in [4.78, 5) is 26.2. The maximum absolute atomic E-state index is 12.3. The first-order valence-corrected chi connectivity index (χ1v) is 8.13. The van der Waals surface area contributed by atoms with Crippen LogP contribution < -0.4 is 4.74 Å². The molecule has 24 heavy (non-hydrogen) atoms. The van der Waals surface area contributed by atoms with Gasteiger partial charge in [-0.25, -0.2) is 4.79 Å². The molecule has 0 aromatic heterocycles. The molecule has 0 spiro atoms. The molecule has 128 valence electrons. The maximum Gasteiger partial charge on any atom is 0.338 e. The first-order chi connectivity index (χ1) is 11.5. The number of esters is 1. The lowest BCUT2D eigenvalue weighted by Gasteiger charge is -2.29. The van der Waals surface area contributed by atoms with E-state index in [2.05, 4.69) is 0 Å². The fourth-order valence-electron chi connectivity index (χ4n) is 2.59. The average molecular weight is 352 g/mol. The number of fused-ring (bicyclic) bond motifs is 1. The minimum absolute atomic E-state index is 0.103. The van der Waals surface area contributed by atoms with E-state index in [1.54, 1.807) is 36.1 Å². The van der Waals surface area contributed by atoms with Crippen LogP contribution in [-0.2, 0) is 19.1 Å². The Morgan fingerprint density at radius 1 is 1.29 bits per heavy atom. The number of rotatable bonds is 3. The van der Waals surface area contributed by atoms with Gasteiger partial charge >= 0.3 is 5.97 Å². The molecule has 2 aliphatic rings. The van der Waals surface area contributed by atoms with Crippen LogP contribution in [-0.4, -0.2) is 55.8 Å². The number of nitrogens with zero attached hydrogens (tertiary/aromatic N) is 1. The topological polar surface area (TPSA) is 65.1 Å². The van der Waals surface area contributed by atoms with E-state index < -0.39 is 12.1 Å². The molecule has 0 N–H and O–H groups in total. The number of amides is 1. The predicted octanol–water partition coefficient (Wildman–Crippen LogP) is 1.91. The van der Waals surface area contributed by atoms with Crippen molar-refractivity contribution in [3.05, 3.63) is 34.4 Å². The molecular weight excluding hydrogens is 334 g/mol. The van der Waals surface area contributed by atoms with E-state index in [1.807, 2.05) is 0 Å². The molecule has 2 heterocycles. The van der Waals surface area contributed by atoms with E-state index in [0.717, 1.165) is 0 Å². The highest BCUT2D eigenvalue weighted by molar-refractivity contribution is 6.30. The molecule has 7 heteroatoms. The molecule has 1 atom stereocenters. The molecule has 0 saturated carbocycles. The summed E-state index contributed by atoms with van der Waals surface area (Å²) in [6.07, 6.45) is 0.830. The van der Waals surface area contributed by atoms with Crippen molar-refractivity contribution >= 4 is 29.6 Å². The SMILES string of the molecule is CC(OC(=O)C1=Cc2cc(Cl)ccc2OC1)C(=O)N1CCOCC1. The molecule has 3 rings (SSSR count). The monoisotopic (exact) mass is 351 g/mol. The van der Waals surface area contributed by atoms with E-state index in [-0.39, 0.29) is 12.5 Å². The van der Waals surface area contributed by atoms with E-state index >= 15 is 0 Å². The number of morpholine rings is 1. The molecule has 1 aromatic carbocycles. The molecule has 1 saturated heterocycles. The van der Waals surface area contributed by atoms with Gasteiger partial charge in [0.2, 0.25) is 0 Å². The lowest BCUT2D eigenvalue weighted by atomic mass is 10.1. The van der Waals surface area contributed by atoms with Crippen LogP contribution in [0.15, 0.2) is 23.8 Å². The van der Waals surface area contributed by atoms with Gasteiger partial charge in [-0.15, -0.1) is 0 Å². The van der Waals surface area contributed by atoms with E-state index in [9.17, 15) is 9.59 Å². The molecular formula is C17H18ClNO5. The van der Waals surface area contributed by atoms with Crippen molar-refractivity contribution in [1.29, 1.82) is 0 Å². The summed E-state index contributed by atoms with van der Waals surface area (Å²) >= 11 is 5.95. The van der Waals surface area contributed by atoms with Gasteiger partial charge in [-0.3, -0.25) is 4.79 Å². The Morgan fingerprint density at radius 3 is 2.79 bits per heavy atom. The van der Waals surface area contributed by atoms with Crippen LogP contribution in [0.5, 0.6) is 5.75 Å². The summed E-state index contributed by atoms with van der Waals surface area (Å²) in [5, 5.41) is 0.555. The first-order valence-electron chi connectivity index (χ1n) is 7.75. The summed E-state index contributed by atoms with van der Waals surface area (Å²) in [5.74, 6) is -0.115. The van der Waals surface area contributed by atoms with Gasteiger partial charge in [0.25, 0.3) is 5.91 Å². The van der Waals surface area contributed by atoms with Gasteiger partial charge in [0.1, 0.15) is 12.4 Å². The van der Waals surface area contributed by atoms with Gasteiger partial charge in [-0.05, 0) is 31.2 Å². The zero-order valence-corrected chi connectivity index (χ0v) is 14.0. The molecule has 0 radical (unpaired) electrons. The maximum atomic E-state index is 12.3. The fourth-order valence-corrected chi connectivity index (χ4v) is 2.77. The standard InChI is InChI=1S/C17H18ClNO5/c1-11(16(20)19-4-6-22-7-5-19)24-17(21)13-8-12-9-14(18)2-3-15(12)23-10-13/h2-3,8-9,11H,4-7,10H2,1H3. The molecule has 1 amide bonds. The van der Waals surface area contributed by atoms with Gasteiger partial charge < -0.3 is 19.1 Å². The zero-order chi connectivity index (χ0) is 17.1. The second-order valence-electron chi connectivity index (χ2n) is 5.63. The molecule has 2 aliphatic heterocycles. The number of benzene rings is 1. The smallest absolute Gasteiger partial charge is 0.338 e. The second-order valence-corrected chi connectivity index (χ2v) is 6.06. The Bertz CT molecular complexity index is 682. The van der Waals surface area contributed by atoms with Crippen molar-refractivity contribution in [3.8, 4) is 5.75 Å². The summed E-state index contributed by atoms with van der Waals surface area (Å²) in [6.45, 7) is 3.71. The summed E-state index contributed by atoms with van der Waals surface area (Å²) < 4.78 is 16.0. The molecule has 1 fully saturated rings. The van der Waals surface area contributed by atoms with Crippen LogP contribution in [0.4, 0.5) is 0 Å². The highest BCUT2D eigenvalue weighted by Crippen LogP contribution is 2.29. The molecule has 1 aromatic rings. The highest BCUT2D eigenvalue weighted by atomic mass is 35.5. The van der Waals surface area contributed by atoms with Crippen molar-refractivity contribution in [3.63, 3.8) is 0 Å². The quantitative estimate of drug-likeness (QED) is 0.778. The fraction of sp³-hybridized carbons (Fsp3) is 0.412. The van der Waals surface area contributed by atoms with Gasteiger partial charge in [0.05, 0.1) is 18.8 Å². The van der Waals surface area contributed by atoms with E-state index in [4.69, 9.17) is 25.8 Å². The Kier molecular flexibility index (Phi) is 5.06. The summed E-state index contributed by atoms with van der Waals surface area (Å²) in [6, 6.07) is 5.19. The van der Waals surface area contributed by atoms with Crippen LogP contribution in [0.1, 0.15) is 12.5 Å². The highest BCUT2D eigenvalue weighted by Gasteiger charge is 2.27. The van der Waals surface area contributed by atoms with E-state index in [1.165, 1.54) is 0 Å². The van der Waals surface area contributed by atoms with Crippen LogP contribution in [0.3, 0.4) is 0 Å². The van der Waals surface area contributed by atoms with Crippen LogP contribution >= 0.6 is 11.6 Å². The van der Waals surface area contributed by atoms with Crippen molar-refractivity contribution in [1.82, 2.24) is 4.90 Å². The third-order valence-corrected chi connectivity index (χ3v) is 4.14.